The quantitative estimate of drug-likeness (QED) is 0.401. The third kappa shape index (κ3) is 4.66. The Labute approximate surface area is 212 Å². The second kappa shape index (κ2) is 10.0. The summed E-state index contributed by atoms with van der Waals surface area (Å²) in [6, 6.07) is 17.3. The van der Waals surface area contributed by atoms with Crippen LogP contribution in [0.25, 0.3) is 10.2 Å². The van der Waals surface area contributed by atoms with E-state index in [2.05, 4.69) is 5.32 Å². The van der Waals surface area contributed by atoms with Crippen molar-refractivity contribution in [3.8, 4) is 5.75 Å². The summed E-state index contributed by atoms with van der Waals surface area (Å²) >= 11 is 1.53. The summed E-state index contributed by atoms with van der Waals surface area (Å²) in [5.41, 5.74) is 1.74. The maximum absolute atomic E-state index is 14.4. The number of nitrogens with one attached hydrogen (secondary N) is 1. The maximum atomic E-state index is 14.4. The minimum atomic E-state index is -0.292. The molecule has 2 aromatic heterocycles. The monoisotopic (exact) mass is 506 g/mol. The van der Waals surface area contributed by atoms with Crippen LogP contribution in [0.3, 0.4) is 0 Å². The number of fused-ring (bicyclic) bond motifs is 1. The normalized spacial score (nSPS) is 15.8. The Morgan fingerprint density at radius 3 is 2.61 bits per heavy atom. The number of hydrogen-bond donors (Lipinski definition) is 1. The second-order valence-corrected chi connectivity index (χ2v) is 9.74. The van der Waals surface area contributed by atoms with E-state index in [1.54, 1.807) is 59.4 Å². The number of carbonyl (C=O) groups excluding carboxylic acids is 2. The summed E-state index contributed by atoms with van der Waals surface area (Å²) in [6.07, 6.45) is 0. The molecule has 2 aromatic carbocycles. The van der Waals surface area contributed by atoms with Crippen LogP contribution in [0.5, 0.6) is 5.75 Å². The van der Waals surface area contributed by atoms with Gasteiger partial charge in [0, 0.05) is 42.3 Å². The van der Waals surface area contributed by atoms with Gasteiger partial charge >= 0.3 is 6.03 Å². The molecule has 1 saturated heterocycles. The van der Waals surface area contributed by atoms with Crippen LogP contribution in [0.4, 0.5) is 14.9 Å². The van der Waals surface area contributed by atoms with Gasteiger partial charge in [-0.3, -0.25) is 4.79 Å². The number of rotatable bonds is 5. The molecule has 0 spiro atoms. The molecule has 1 N–H and O–H groups in total. The van der Waals surface area contributed by atoms with Crippen LogP contribution >= 0.6 is 11.3 Å². The zero-order valence-electron chi connectivity index (χ0n) is 20.1. The van der Waals surface area contributed by atoms with Gasteiger partial charge in [-0.15, -0.1) is 11.3 Å². The largest absolute Gasteiger partial charge is 0.497 e. The lowest BCUT2D eigenvalue weighted by Crippen LogP contribution is -2.56. The molecule has 1 fully saturated rings. The molecule has 9 heteroatoms. The van der Waals surface area contributed by atoms with Crippen molar-refractivity contribution in [2.24, 2.45) is 0 Å². The molecule has 0 saturated carbocycles. The summed E-state index contributed by atoms with van der Waals surface area (Å²) in [5.74, 6) is 0.310. The molecular weight excluding hydrogens is 479 g/mol. The van der Waals surface area contributed by atoms with Crippen molar-refractivity contribution in [3.63, 3.8) is 0 Å². The van der Waals surface area contributed by atoms with Crippen LogP contribution in [-0.2, 0) is 6.54 Å². The van der Waals surface area contributed by atoms with Gasteiger partial charge in [-0.05, 0) is 54.8 Å². The Bertz CT molecular complexity index is 1400. The number of aromatic nitrogens is 1. The molecule has 4 aromatic rings. The van der Waals surface area contributed by atoms with Crippen molar-refractivity contribution >= 4 is 39.2 Å². The summed E-state index contributed by atoms with van der Waals surface area (Å²) in [6.45, 7) is 3.45. The first kappa shape index (κ1) is 23.9. The van der Waals surface area contributed by atoms with Crippen LogP contribution in [0.15, 0.2) is 66.0 Å². The fourth-order valence-corrected chi connectivity index (χ4v) is 5.48. The van der Waals surface area contributed by atoms with Gasteiger partial charge in [0.15, 0.2) is 0 Å². The minimum absolute atomic E-state index is 0.114. The zero-order chi connectivity index (χ0) is 25.2. The van der Waals surface area contributed by atoms with Crippen LogP contribution < -0.4 is 10.1 Å². The van der Waals surface area contributed by atoms with E-state index in [4.69, 9.17) is 4.74 Å². The van der Waals surface area contributed by atoms with Gasteiger partial charge in [-0.1, -0.05) is 18.2 Å². The minimum Gasteiger partial charge on any atom is -0.497 e. The molecular formula is C27H27FN4O3S. The number of piperazine rings is 1. The molecule has 1 aliphatic rings. The third-order valence-electron chi connectivity index (χ3n) is 6.52. The number of methoxy groups -OCH3 is 1. The number of amides is 3. The summed E-state index contributed by atoms with van der Waals surface area (Å²) < 4.78 is 21.5. The highest BCUT2D eigenvalue weighted by Gasteiger charge is 2.32. The molecule has 0 radical (unpaired) electrons. The number of anilines is 1. The van der Waals surface area contributed by atoms with E-state index in [0.717, 1.165) is 10.2 Å². The molecule has 3 amide bonds. The number of thiophene rings is 1. The van der Waals surface area contributed by atoms with E-state index in [9.17, 15) is 14.0 Å². The Hall–Kier alpha value is -3.85. The third-order valence-corrected chi connectivity index (χ3v) is 7.48. The van der Waals surface area contributed by atoms with Crippen molar-refractivity contribution in [1.29, 1.82) is 0 Å². The fourth-order valence-electron chi connectivity index (χ4n) is 4.58. The molecule has 5 rings (SSSR count). The zero-order valence-corrected chi connectivity index (χ0v) is 20.9. The van der Waals surface area contributed by atoms with E-state index in [1.807, 2.05) is 29.0 Å². The lowest BCUT2D eigenvalue weighted by molar-refractivity contribution is 0.0583. The van der Waals surface area contributed by atoms with Crippen LogP contribution in [-0.4, -0.2) is 59.1 Å². The molecule has 1 atom stereocenters. The smallest absolute Gasteiger partial charge is 0.322 e. The standard InChI is InChI=1S/C27H27FN4O3S/c1-18-16-30(12-13-31(18)27(34)29-21-7-9-22(35-2)10-8-21)25(33)24-15-19-11-14-36-26(19)32(24)17-20-5-3-4-6-23(20)28/h3-11,14-15,18H,12-13,16-17H2,1-2H3,(H,29,34). The van der Waals surface area contributed by atoms with Crippen molar-refractivity contribution in [1.82, 2.24) is 14.4 Å². The molecule has 3 heterocycles. The number of hydrogen-bond acceptors (Lipinski definition) is 4. The SMILES string of the molecule is COc1ccc(NC(=O)N2CCN(C(=O)c3cc4ccsc4n3Cc3ccccc3F)CC2C)cc1. The van der Waals surface area contributed by atoms with E-state index in [1.165, 1.54) is 17.4 Å². The highest BCUT2D eigenvalue weighted by atomic mass is 32.1. The van der Waals surface area contributed by atoms with Gasteiger partial charge in [0.25, 0.3) is 5.91 Å². The second-order valence-electron chi connectivity index (χ2n) is 8.84. The van der Waals surface area contributed by atoms with Gasteiger partial charge in [-0.2, -0.15) is 0 Å². The molecule has 1 aliphatic heterocycles. The number of benzene rings is 2. The van der Waals surface area contributed by atoms with Gasteiger partial charge in [0.1, 0.15) is 22.1 Å². The topological polar surface area (TPSA) is 66.8 Å². The highest BCUT2D eigenvalue weighted by molar-refractivity contribution is 7.16. The summed E-state index contributed by atoms with van der Waals surface area (Å²) in [7, 11) is 1.59. The Kier molecular flexibility index (Phi) is 6.65. The molecule has 36 heavy (non-hydrogen) atoms. The fraction of sp³-hybridized carbons (Fsp3) is 0.259. The van der Waals surface area contributed by atoms with Crippen LogP contribution in [0.1, 0.15) is 23.0 Å². The highest BCUT2D eigenvalue weighted by Crippen LogP contribution is 2.28. The Balaban J connectivity index is 1.30. The maximum Gasteiger partial charge on any atom is 0.322 e. The number of urea groups is 1. The van der Waals surface area contributed by atoms with Crippen molar-refractivity contribution < 1.29 is 18.7 Å². The van der Waals surface area contributed by atoms with E-state index in [0.29, 0.717) is 42.3 Å². The van der Waals surface area contributed by atoms with Gasteiger partial charge in [0.05, 0.1) is 13.7 Å². The average molecular weight is 507 g/mol. The molecule has 7 nitrogen and oxygen atoms in total. The van der Waals surface area contributed by atoms with Gasteiger partial charge in [0.2, 0.25) is 0 Å². The van der Waals surface area contributed by atoms with Crippen molar-refractivity contribution in [3.05, 3.63) is 83.1 Å². The lowest BCUT2D eigenvalue weighted by atomic mass is 10.1. The first-order chi connectivity index (χ1) is 17.4. The lowest BCUT2D eigenvalue weighted by Gasteiger charge is -2.39. The van der Waals surface area contributed by atoms with Crippen molar-refractivity contribution in [2.45, 2.75) is 19.5 Å². The molecule has 1 unspecified atom stereocenters. The molecule has 0 bridgehead atoms. The number of nitrogens with zero attached hydrogens (tertiary/aromatic N) is 3. The first-order valence-electron chi connectivity index (χ1n) is 11.8. The van der Waals surface area contributed by atoms with Crippen LogP contribution in [0.2, 0.25) is 0 Å². The van der Waals surface area contributed by atoms with Gasteiger partial charge < -0.3 is 24.4 Å². The summed E-state index contributed by atoms with van der Waals surface area (Å²) in [5, 5.41) is 5.85. The molecule has 0 aliphatic carbocycles. The van der Waals surface area contributed by atoms with Crippen molar-refractivity contribution in [2.75, 3.05) is 32.1 Å². The molecule has 186 valence electrons. The van der Waals surface area contributed by atoms with E-state index < -0.39 is 0 Å². The van der Waals surface area contributed by atoms with Gasteiger partial charge in [-0.25, -0.2) is 9.18 Å². The predicted molar refractivity (Wildman–Crippen MR) is 139 cm³/mol. The van der Waals surface area contributed by atoms with E-state index >= 15 is 0 Å². The Morgan fingerprint density at radius 1 is 1.11 bits per heavy atom. The number of carbonyl (C=O) groups is 2. The Morgan fingerprint density at radius 2 is 1.89 bits per heavy atom. The first-order valence-corrected chi connectivity index (χ1v) is 12.6. The van der Waals surface area contributed by atoms with E-state index in [-0.39, 0.29) is 30.3 Å². The predicted octanol–water partition coefficient (Wildman–Crippen LogP) is 5.28. The average Bonchev–Trinajstić information content (AvgIpc) is 3.48. The summed E-state index contributed by atoms with van der Waals surface area (Å²) in [4.78, 5) is 31.0. The number of halogens is 1. The number of ether oxygens (including phenoxy) is 1. The van der Waals surface area contributed by atoms with Crippen LogP contribution in [0, 0.1) is 5.82 Å².